The number of halogens is 1. The highest BCUT2D eigenvalue weighted by atomic mass is 35.5. The maximum Gasteiger partial charge on any atom is 0.237 e. The SMILES string of the molecule is COCCNc1nnc(S[C@H](C)C(=O)Nc2cccc(Cl)c2C)s1. The lowest BCUT2D eigenvalue weighted by Crippen LogP contribution is -2.22. The first-order chi connectivity index (χ1) is 11.5. The summed E-state index contributed by atoms with van der Waals surface area (Å²) in [5, 5.41) is 15.2. The van der Waals surface area contributed by atoms with Crippen molar-refractivity contribution in [2.75, 3.05) is 30.9 Å². The molecule has 0 spiro atoms. The molecule has 0 aliphatic heterocycles. The number of nitrogens with one attached hydrogen (secondary N) is 2. The third kappa shape index (κ3) is 5.34. The van der Waals surface area contributed by atoms with Crippen LogP contribution < -0.4 is 10.6 Å². The van der Waals surface area contributed by atoms with Gasteiger partial charge in [0.1, 0.15) is 0 Å². The van der Waals surface area contributed by atoms with Gasteiger partial charge in [-0.3, -0.25) is 4.79 Å². The Morgan fingerprint density at radius 2 is 2.25 bits per heavy atom. The molecule has 130 valence electrons. The molecule has 1 amide bonds. The molecule has 2 rings (SSSR count). The lowest BCUT2D eigenvalue weighted by molar-refractivity contribution is -0.115. The largest absolute Gasteiger partial charge is 0.383 e. The summed E-state index contributed by atoms with van der Waals surface area (Å²) in [5.41, 5.74) is 1.57. The van der Waals surface area contributed by atoms with Gasteiger partial charge in [-0.05, 0) is 31.5 Å². The molecule has 0 fully saturated rings. The van der Waals surface area contributed by atoms with Crippen molar-refractivity contribution in [3.05, 3.63) is 28.8 Å². The predicted molar refractivity (Wildman–Crippen MR) is 100 cm³/mol. The Kier molecular flexibility index (Phi) is 7.29. The fraction of sp³-hybridized carbons (Fsp3) is 0.400. The molecule has 1 heterocycles. The average molecular weight is 387 g/mol. The minimum Gasteiger partial charge on any atom is -0.383 e. The lowest BCUT2D eigenvalue weighted by Gasteiger charge is -2.12. The molecule has 2 aromatic rings. The first kappa shape index (κ1) is 19.0. The van der Waals surface area contributed by atoms with E-state index in [4.69, 9.17) is 16.3 Å². The van der Waals surface area contributed by atoms with Gasteiger partial charge in [0.25, 0.3) is 0 Å². The van der Waals surface area contributed by atoms with Crippen molar-refractivity contribution in [2.24, 2.45) is 0 Å². The van der Waals surface area contributed by atoms with Crippen molar-refractivity contribution < 1.29 is 9.53 Å². The first-order valence-electron chi connectivity index (χ1n) is 7.30. The summed E-state index contributed by atoms with van der Waals surface area (Å²) in [6.07, 6.45) is 0. The number of rotatable bonds is 8. The van der Waals surface area contributed by atoms with Crippen molar-refractivity contribution in [2.45, 2.75) is 23.4 Å². The second kappa shape index (κ2) is 9.22. The topological polar surface area (TPSA) is 76.1 Å². The van der Waals surface area contributed by atoms with E-state index in [1.807, 2.05) is 26.0 Å². The minimum absolute atomic E-state index is 0.102. The summed E-state index contributed by atoms with van der Waals surface area (Å²) in [6, 6.07) is 5.44. The lowest BCUT2D eigenvalue weighted by atomic mass is 10.2. The van der Waals surface area contributed by atoms with Gasteiger partial charge >= 0.3 is 0 Å². The number of anilines is 2. The molecule has 0 bridgehead atoms. The summed E-state index contributed by atoms with van der Waals surface area (Å²) in [5.74, 6) is -0.102. The molecule has 0 aliphatic carbocycles. The number of hydrogen-bond acceptors (Lipinski definition) is 7. The zero-order valence-corrected chi connectivity index (χ0v) is 16.0. The smallest absolute Gasteiger partial charge is 0.237 e. The molecule has 0 aliphatic rings. The third-order valence-corrected chi connectivity index (χ3v) is 5.64. The molecule has 0 saturated heterocycles. The van der Waals surface area contributed by atoms with Crippen LogP contribution in [0, 0.1) is 6.92 Å². The molecule has 1 aromatic carbocycles. The highest BCUT2D eigenvalue weighted by molar-refractivity contribution is 8.02. The number of carbonyl (C=O) groups excluding carboxylic acids is 1. The summed E-state index contributed by atoms with van der Waals surface area (Å²) in [7, 11) is 1.64. The van der Waals surface area contributed by atoms with E-state index < -0.39 is 0 Å². The second-order valence-corrected chi connectivity index (χ2v) is 7.93. The van der Waals surface area contributed by atoms with Crippen LogP contribution in [0.15, 0.2) is 22.5 Å². The Balaban J connectivity index is 1.90. The van der Waals surface area contributed by atoms with E-state index in [1.54, 1.807) is 13.2 Å². The second-order valence-electron chi connectivity index (χ2n) is 4.95. The zero-order valence-electron chi connectivity index (χ0n) is 13.6. The van der Waals surface area contributed by atoms with Gasteiger partial charge in [0, 0.05) is 24.4 Å². The summed E-state index contributed by atoms with van der Waals surface area (Å²) in [6.45, 7) is 4.97. The Morgan fingerprint density at radius 3 is 3.00 bits per heavy atom. The predicted octanol–water partition coefficient (Wildman–Crippen LogP) is 3.68. The van der Waals surface area contributed by atoms with Crippen molar-refractivity contribution >= 4 is 51.4 Å². The number of amides is 1. The van der Waals surface area contributed by atoms with Gasteiger partial charge in [0.05, 0.1) is 11.9 Å². The number of aromatic nitrogens is 2. The highest BCUT2D eigenvalue weighted by Crippen LogP contribution is 2.30. The Labute approximate surface area is 154 Å². The van der Waals surface area contributed by atoms with E-state index >= 15 is 0 Å². The number of methoxy groups -OCH3 is 1. The van der Waals surface area contributed by atoms with Gasteiger partial charge in [-0.15, -0.1) is 10.2 Å². The Bertz CT molecular complexity index is 696. The molecule has 1 aromatic heterocycles. The quantitative estimate of drug-likeness (QED) is 0.532. The molecule has 2 N–H and O–H groups in total. The monoisotopic (exact) mass is 386 g/mol. The number of hydrogen-bond donors (Lipinski definition) is 2. The number of thioether (sulfide) groups is 1. The number of nitrogens with zero attached hydrogens (tertiary/aromatic N) is 2. The van der Waals surface area contributed by atoms with E-state index in [-0.39, 0.29) is 11.2 Å². The molecule has 1 atom stereocenters. The molecule has 0 radical (unpaired) electrons. The summed E-state index contributed by atoms with van der Waals surface area (Å²) < 4.78 is 5.70. The van der Waals surface area contributed by atoms with Crippen LogP contribution in [0.1, 0.15) is 12.5 Å². The van der Waals surface area contributed by atoms with Crippen molar-refractivity contribution in [1.82, 2.24) is 10.2 Å². The minimum atomic E-state index is -0.303. The van der Waals surface area contributed by atoms with E-state index in [9.17, 15) is 4.79 Å². The van der Waals surface area contributed by atoms with Crippen LogP contribution >= 0.6 is 34.7 Å². The normalized spacial score (nSPS) is 12.0. The van der Waals surface area contributed by atoms with Crippen molar-refractivity contribution in [1.29, 1.82) is 0 Å². The van der Waals surface area contributed by atoms with Gasteiger partial charge in [-0.25, -0.2) is 0 Å². The van der Waals surface area contributed by atoms with Crippen molar-refractivity contribution in [3.63, 3.8) is 0 Å². The van der Waals surface area contributed by atoms with E-state index in [0.29, 0.717) is 23.3 Å². The van der Waals surface area contributed by atoms with Crippen LogP contribution in [-0.4, -0.2) is 41.6 Å². The fourth-order valence-corrected chi connectivity index (χ4v) is 3.87. The van der Waals surface area contributed by atoms with Crippen LogP contribution in [0.2, 0.25) is 5.02 Å². The van der Waals surface area contributed by atoms with E-state index in [1.165, 1.54) is 23.1 Å². The van der Waals surface area contributed by atoms with Gasteiger partial charge in [-0.2, -0.15) is 0 Å². The molecule has 0 saturated carbocycles. The van der Waals surface area contributed by atoms with E-state index in [2.05, 4.69) is 20.8 Å². The average Bonchev–Trinajstić information content (AvgIpc) is 2.99. The number of carbonyl (C=O) groups is 1. The van der Waals surface area contributed by atoms with Gasteiger partial charge in [0.15, 0.2) is 4.34 Å². The van der Waals surface area contributed by atoms with Crippen molar-refractivity contribution in [3.8, 4) is 0 Å². The summed E-state index contributed by atoms with van der Waals surface area (Å²) in [4.78, 5) is 12.3. The van der Waals surface area contributed by atoms with Crippen LogP contribution in [0.4, 0.5) is 10.8 Å². The standard InChI is InChI=1S/C15H19ClN4O2S2/c1-9-11(16)5-4-6-12(9)18-13(21)10(2)23-15-20-19-14(24-15)17-7-8-22-3/h4-6,10H,7-8H2,1-3H3,(H,17,19)(H,18,21)/t10-/m1/s1. The molecule has 9 heteroatoms. The molecular weight excluding hydrogens is 368 g/mol. The van der Waals surface area contributed by atoms with Crippen LogP contribution in [0.3, 0.4) is 0 Å². The first-order valence-corrected chi connectivity index (χ1v) is 9.37. The summed E-state index contributed by atoms with van der Waals surface area (Å²) >= 11 is 8.86. The third-order valence-electron chi connectivity index (χ3n) is 3.16. The Hall–Kier alpha value is -1.35. The molecular formula is C15H19ClN4O2S2. The number of benzene rings is 1. The van der Waals surface area contributed by atoms with Crippen LogP contribution in [-0.2, 0) is 9.53 Å². The van der Waals surface area contributed by atoms with Gasteiger partial charge in [0.2, 0.25) is 11.0 Å². The van der Waals surface area contributed by atoms with Crippen LogP contribution in [0.25, 0.3) is 0 Å². The maximum atomic E-state index is 12.3. The highest BCUT2D eigenvalue weighted by Gasteiger charge is 2.18. The molecule has 0 unspecified atom stereocenters. The number of ether oxygens (including phenoxy) is 1. The van der Waals surface area contributed by atoms with Gasteiger partial charge < -0.3 is 15.4 Å². The Morgan fingerprint density at radius 1 is 1.46 bits per heavy atom. The maximum absolute atomic E-state index is 12.3. The zero-order chi connectivity index (χ0) is 17.5. The van der Waals surface area contributed by atoms with Crippen LogP contribution in [0.5, 0.6) is 0 Å². The van der Waals surface area contributed by atoms with Gasteiger partial charge in [-0.1, -0.05) is 40.8 Å². The molecule has 6 nitrogen and oxygen atoms in total. The fourth-order valence-electron chi connectivity index (χ4n) is 1.77. The molecule has 24 heavy (non-hydrogen) atoms. The van der Waals surface area contributed by atoms with E-state index in [0.717, 1.165) is 15.6 Å².